The van der Waals surface area contributed by atoms with Gasteiger partial charge in [0.2, 0.25) is 5.95 Å². The summed E-state index contributed by atoms with van der Waals surface area (Å²) in [7, 11) is 6.04. The van der Waals surface area contributed by atoms with Crippen molar-refractivity contribution in [1.29, 1.82) is 0 Å². The third-order valence-corrected chi connectivity index (χ3v) is 8.46. The second-order valence-electron chi connectivity index (χ2n) is 5.51. The van der Waals surface area contributed by atoms with Crippen LogP contribution in [0.4, 0.5) is 17.3 Å². The highest BCUT2D eigenvalue weighted by molar-refractivity contribution is 9.15. The fourth-order valence-electron chi connectivity index (χ4n) is 2.39. The molecule has 24 heavy (non-hydrogen) atoms. The van der Waals surface area contributed by atoms with Crippen LogP contribution in [0.1, 0.15) is 0 Å². The van der Waals surface area contributed by atoms with Gasteiger partial charge >= 0.3 is 0 Å². The average molecular weight is 582 g/mol. The van der Waals surface area contributed by atoms with Crippen LogP contribution in [-0.4, -0.2) is 23.6 Å². The van der Waals surface area contributed by atoms with Crippen LogP contribution in [0, 0.1) is 0 Å². The Morgan fingerprint density at radius 3 is 2.08 bits per heavy atom. The van der Waals surface area contributed by atoms with Crippen LogP contribution in [0.3, 0.4) is 0 Å². The van der Waals surface area contributed by atoms with Crippen LogP contribution < -0.4 is 10.2 Å². The number of imidazole rings is 1. The van der Waals surface area contributed by atoms with Gasteiger partial charge in [0.15, 0.2) is 0 Å². The highest BCUT2D eigenvalue weighted by Crippen LogP contribution is 2.44. The van der Waals surface area contributed by atoms with Crippen LogP contribution in [0.2, 0.25) is 0 Å². The molecular weight excluding hydrogens is 568 g/mol. The molecule has 0 bridgehead atoms. The summed E-state index contributed by atoms with van der Waals surface area (Å²) in [4.78, 5) is 6.81. The molecule has 0 atom stereocenters. The van der Waals surface area contributed by atoms with Gasteiger partial charge in [0.25, 0.3) is 0 Å². The van der Waals surface area contributed by atoms with Gasteiger partial charge in [0.05, 0.1) is 14.5 Å². The minimum atomic E-state index is 0.772. The Kier molecular flexibility index (Phi) is 5.30. The van der Waals surface area contributed by atoms with Gasteiger partial charge in [-0.3, -0.25) is 0 Å². The molecule has 1 heterocycles. The van der Waals surface area contributed by atoms with Gasteiger partial charge in [-0.05, 0) is 88.0 Å². The Bertz CT molecular complexity index is 916. The Morgan fingerprint density at radius 1 is 0.917 bits per heavy atom. The van der Waals surface area contributed by atoms with E-state index in [-0.39, 0.29) is 0 Å². The molecule has 0 amide bonds. The average Bonchev–Trinajstić information content (AvgIpc) is 2.88. The second kappa shape index (κ2) is 6.97. The van der Waals surface area contributed by atoms with E-state index in [4.69, 9.17) is 4.98 Å². The maximum absolute atomic E-state index is 4.74. The maximum Gasteiger partial charge on any atom is 0.208 e. The lowest BCUT2D eigenvalue weighted by atomic mass is 10.2. The highest BCUT2D eigenvalue weighted by atomic mass is 79.9. The van der Waals surface area contributed by atoms with Crippen molar-refractivity contribution >= 4 is 92.1 Å². The van der Waals surface area contributed by atoms with Gasteiger partial charge in [0, 0.05) is 41.5 Å². The van der Waals surface area contributed by atoms with Gasteiger partial charge < -0.3 is 14.8 Å². The molecule has 8 heteroatoms. The topological polar surface area (TPSA) is 33.1 Å². The zero-order valence-corrected chi connectivity index (χ0v) is 19.5. The number of aromatic nitrogens is 2. The molecular formula is C16H14Br4N4. The summed E-state index contributed by atoms with van der Waals surface area (Å²) in [5.74, 6) is 0.772. The van der Waals surface area contributed by atoms with Crippen LogP contribution in [0.15, 0.2) is 42.2 Å². The number of rotatable bonds is 3. The molecule has 0 aliphatic heterocycles. The molecule has 3 aromatic rings. The first-order valence-electron chi connectivity index (χ1n) is 7.04. The first kappa shape index (κ1) is 18.2. The third-order valence-electron chi connectivity index (χ3n) is 3.73. The molecule has 3 rings (SSSR count). The van der Waals surface area contributed by atoms with Crippen LogP contribution in [0.5, 0.6) is 0 Å². The standard InChI is InChI=1S/C16H14Br4N4/c1-23(2)9-6-4-8(5-7-9)21-16-22-14-12(19)10(17)11(18)13(20)15(14)24(16)3/h4-7H,1-3H3,(H,21,22). The minimum absolute atomic E-state index is 0.772. The van der Waals surface area contributed by atoms with Gasteiger partial charge in [-0.1, -0.05) is 0 Å². The van der Waals surface area contributed by atoms with E-state index in [0.29, 0.717) is 0 Å². The summed E-state index contributed by atoms with van der Waals surface area (Å²) >= 11 is 14.4. The number of hydrogen-bond acceptors (Lipinski definition) is 3. The number of nitrogens with one attached hydrogen (secondary N) is 1. The van der Waals surface area contributed by atoms with E-state index in [1.807, 2.05) is 37.8 Å². The number of anilines is 3. The number of aryl methyl sites for hydroxylation is 1. The van der Waals surface area contributed by atoms with E-state index < -0.39 is 0 Å². The van der Waals surface area contributed by atoms with E-state index in [1.165, 1.54) is 0 Å². The summed E-state index contributed by atoms with van der Waals surface area (Å²) < 4.78 is 5.78. The monoisotopic (exact) mass is 578 g/mol. The lowest BCUT2D eigenvalue weighted by Crippen LogP contribution is -2.08. The fourth-order valence-corrected chi connectivity index (χ4v) is 4.82. The number of nitrogens with zero attached hydrogens (tertiary/aromatic N) is 3. The molecule has 0 fully saturated rings. The Morgan fingerprint density at radius 2 is 1.50 bits per heavy atom. The summed E-state index contributed by atoms with van der Waals surface area (Å²) in [5.41, 5.74) is 4.03. The van der Waals surface area contributed by atoms with Crippen molar-refractivity contribution in [2.24, 2.45) is 7.05 Å². The Labute approximate surface area is 174 Å². The quantitative estimate of drug-likeness (QED) is 0.286. The molecule has 0 spiro atoms. The summed E-state index contributed by atoms with van der Waals surface area (Å²) in [6, 6.07) is 8.24. The molecule has 1 N–H and O–H groups in total. The third kappa shape index (κ3) is 3.13. The molecule has 126 valence electrons. The molecule has 0 radical (unpaired) electrons. The first-order valence-corrected chi connectivity index (χ1v) is 10.2. The number of halogens is 4. The van der Waals surface area contributed by atoms with Crippen molar-refractivity contribution in [3.63, 3.8) is 0 Å². The fraction of sp³-hybridized carbons (Fsp3) is 0.188. The molecule has 0 saturated heterocycles. The molecule has 2 aromatic carbocycles. The zero-order chi connectivity index (χ0) is 17.6. The van der Waals surface area contributed by atoms with E-state index in [1.54, 1.807) is 0 Å². The predicted molar refractivity (Wildman–Crippen MR) is 116 cm³/mol. The summed E-state index contributed by atoms with van der Waals surface area (Å²) in [6.45, 7) is 0. The highest BCUT2D eigenvalue weighted by Gasteiger charge is 2.19. The van der Waals surface area contributed by atoms with E-state index in [0.717, 1.165) is 46.2 Å². The van der Waals surface area contributed by atoms with Crippen LogP contribution in [-0.2, 0) is 7.05 Å². The molecule has 0 aliphatic carbocycles. The second-order valence-corrected chi connectivity index (χ2v) is 8.69. The van der Waals surface area contributed by atoms with Gasteiger partial charge in [-0.15, -0.1) is 0 Å². The van der Waals surface area contributed by atoms with Crippen molar-refractivity contribution in [1.82, 2.24) is 9.55 Å². The molecule has 1 aromatic heterocycles. The normalized spacial score (nSPS) is 11.1. The number of benzene rings is 2. The maximum atomic E-state index is 4.74. The molecule has 0 unspecified atom stereocenters. The zero-order valence-electron chi connectivity index (χ0n) is 13.2. The number of fused-ring (bicyclic) bond motifs is 1. The first-order chi connectivity index (χ1) is 11.3. The van der Waals surface area contributed by atoms with Crippen molar-refractivity contribution < 1.29 is 0 Å². The Hall–Kier alpha value is -0.570. The minimum Gasteiger partial charge on any atom is -0.378 e. The number of hydrogen-bond donors (Lipinski definition) is 1. The van der Waals surface area contributed by atoms with Crippen molar-refractivity contribution in [3.05, 3.63) is 42.2 Å². The van der Waals surface area contributed by atoms with E-state index >= 15 is 0 Å². The van der Waals surface area contributed by atoms with E-state index in [9.17, 15) is 0 Å². The smallest absolute Gasteiger partial charge is 0.208 e. The molecule has 0 aliphatic rings. The van der Waals surface area contributed by atoms with Crippen molar-refractivity contribution in [2.45, 2.75) is 0 Å². The van der Waals surface area contributed by atoms with Crippen molar-refractivity contribution in [2.75, 3.05) is 24.3 Å². The summed E-state index contributed by atoms with van der Waals surface area (Å²) in [6.07, 6.45) is 0. The van der Waals surface area contributed by atoms with Gasteiger partial charge in [-0.2, -0.15) is 0 Å². The largest absolute Gasteiger partial charge is 0.378 e. The van der Waals surface area contributed by atoms with E-state index in [2.05, 4.69) is 86.1 Å². The lowest BCUT2D eigenvalue weighted by molar-refractivity contribution is 0.955. The SMILES string of the molecule is CN(C)c1ccc(Nc2nc3c(Br)c(Br)c(Br)c(Br)c3n2C)cc1. The Balaban J connectivity index is 2.06. The lowest BCUT2D eigenvalue weighted by Gasteiger charge is -2.13. The van der Waals surface area contributed by atoms with Gasteiger partial charge in [0.1, 0.15) is 5.52 Å². The van der Waals surface area contributed by atoms with Crippen LogP contribution >= 0.6 is 63.7 Å². The van der Waals surface area contributed by atoms with Gasteiger partial charge in [-0.25, -0.2) is 4.98 Å². The molecule has 0 saturated carbocycles. The molecule has 4 nitrogen and oxygen atoms in total. The summed E-state index contributed by atoms with van der Waals surface area (Å²) in [5, 5.41) is 3.38. The van der Waals surface area contributed by atoms with Crippen molar-refractivity contribution in [3.8, 4) is 0 Å². The predicted octanol–water partition coefficient (Wildman–Crippen LogP) is 6.43. The van der Waals surface area contributed by atoms with Crippen LogP contribution in [0.25, 0.3) is 11.0 Å².